The minimum Gasteiger partial charge on any atom is -0.481 e. The summed E-state index contributed by atoms with van der Waals surface area (Å²) >= 11 is 0. The normalized spacial score (nSPS) is 10.1. The first-order valence-electron chi connectivity index (χ1n) is 5.99. The fourth-order valence-corrected chi connectivity index (χ4v) is 1.73. The predicted molar refractivity (Wildman–Crippen MR) is 74.7 cm³/mol. The molecule has 0 radical (unpaired) electrons. The van der Waals surface area contributed by atoms with Gasteiger partial charge in [-0.25, -0.2) is 4.98 Å². The molecule has 2 aromatic rings. The molecule has 0 saturated heterocycles. The van der Waals surface area contributed by atoms with E-state index in [4.69, 9.17) is 4.74 Å². The Labute approximate surface area is 112 Å². The van der Waals surface area contributed by atoms with Crippen molar-refractivity contribution >= 4 is 11.6 Å². The number of hydrogen-bond acceptors (Lipinski definition) is 3. The van der Waals surface area contributed by atoms with Crippen molar-refractivity contribution in [1.82, 2.24) is 4.98 Å². The smallest absolute Gasteiger partial charge is 0.255 e. The molecule has 0 unspecified atom stereocenters. The Morgan fingerprint density at radius 1 is 1.21 bits per heavy atom. The van der Waals surface area contributed by atoms with E-state index in [-0.39, 0.29) is 5.91 Å². The number of nitrogens with zero attached hydrogens (tertiary/aromatic N) is 1. The fraction of sp³-hybridized carbons (Fsp3) is 0.200. The molecule has 2 rings (SSSR count). The number of anilines is 1. The number of aromatic nitrogens is 1. The van der Waals surface area contributed by atoms with Crippen molar-refractivity contribution in [3.63, 3.8) is 0 Å². The molecule has 0 aliphatic rings. The highest BCUT2D eigenvalue weighted by Crippen LogP contribution is 2.18. The summed E-state index contributed by atoms with van der Waals surface area (Å²) in [5.41, 5.74) is 3.47. The largest absolute Gasteiger partial charge is 0.481 e. The molecule has 1 aromatic heterocycles. The Balaban J connectivity index is 2.22. The summed E-state index contributed by atoms with van der Waals surface area (Å²) in [6.45, 7) is 3.95. The number of carbonyl (C=O) groups is 1. The molecule has 1 heterocycles. The van der Waals surface area contributed by atoms with Crippen molar-refractivity contribution in [2.75, 3.05) is 12.4 Å². The maximum atomic E-state index is 12.2. The van der Waals surface area contributed by atoms with Crippen molar-refractivity contribution in [2.24, 2.45) is 0 Å². The number of nitrogens with one attached hydrogen (secondary N) is 1. The van der Waals surface area contributed by atoms with Crippen LogP contribution in [0.4, 0.5) is 5.69 Å². The quantitative estimate of drug-likeness (QED) is 0.918. The lowest BCUT2D eigenvalue weighted by Crippen LogP contribution is -2.13. The van der Waals surface area contributed by atoms with Gasteiger partial charge >= 0.3 is 0 Å². The summed E-state index contributed by atoms with van der Waals surface area (Å²) in [4.78, 5) is 16.1. The van der Waals surface area contributed by atoms with E-state index in [0.29, 0.717) is 11.4 Å². The number of aryl methyl sites for hydroxylation is 2. The number of carbonyl (C=O) groups excluding carboxylic acids is 1. The lowest BCUT2D eigenvalue weighted by molar-refractivity contribution is 0.102. The van der Waals surface area contributed by atoms with Crippen LogP contribution in [-0.2, 0) is 0 Å². The van der Waals surface area contributed by atoms with Crippen LogP contribution in [0.15, 0.2) is 36.5 Å². The van der Waals surface area contributed by atoms with Crippen LogP contribution in [0.2, 0.25) is 0 Å². The van der Waals surface area contributed by atoms with Gasteiger partial charge in [0.1, 0.15) is 0 Å². The van der Waals surface area contributed by atoms with E-state index in [0.717, 1.165) is 16.8 Å². The van der Waals surface area contributed by atoms with E-state index in [1.807, 2.05) is 32.0 Å². The van der Waals surface area contributed by atoms with Gasteiger partial charge in [0.25, 0.3) is 5.91 Å². The molecule has 1 N–H and O–H groups in total. The number of benzene rings is 1. The molecule has 0 fully saturated rings. The maximum Gasteiger partial charge on any atom is 0.255 e. The molecule has 1 aromatic carbocycles. The minimum atomic E-state index is -0.172. The number of amides is 1. The van der Waals surface area contributed by atoms with Crippen molar-refractivity contribution in [3.05, 3.63) is 53.2 Å². The molecule has 4 nitrogen and oxygen atoms in total. The Bertz CT molecular complexity index is 609. The highest BCUT2D eigenvalue weighted by Gasteiger charge is 2.09. The lowest BCUT2D eigenvalue weighted by atomic mass is 10.1. The Morgan fingerprint density at radius 3 is 2.74 bits per heavy atom. The third kappa shape index (κ3) is 3.10. The predicted octanol–water partition coefficient (Wildman–Crippen LogP) is 2.96. The van der Waals surface area contributed by atoms with Gasteiger partial charge in [-0.15, -0.1) is 0 Å². The number of hydrogen-bond donors (Lipinski definition) is 1. The van der Waals surface area contributed by atoms with Crippen LogP contribution >= 0.6 is 0 Å². The second kappa shape index (κ2) is 5.52. The van der Waals surface area contributed by atoms with Gasteiger partial charge in [-0.3, -0.25) is 4.79 Å². The summed E-state index contributed by atoms with van der Waals surface area (Å²) in [5, 5.41) is 2.90. The number of ether oxygens (including phenoxy) is 1. The monoisotopic (exact) mass is 256 g/mol. The average molecular weight is 256 g/mol. The Hall–Kier alpha value is -2.36. The van der Waals surface area contributed by atoms with E-state index >= 15 is 0 Å². The lowest BCUT2D eigenvalue weighted by Gasteiger charge is -2.09. The van der Waals surface area contributed by atoms with E-state index < -0.39 is 0 Å². The third-order valence-electron chi connectivity index (χ3n) is 2.85. The van der Waals surface area contributed by atoms with Gasteiger partial charge in [-0.2, -0.15) is 0 Å². The van der Waals surface area contributed by atoms with Crippen LogP contribution in [0, 0.1) is 13.8 Å². The highest BCUT2D eigenvalue weighted by atomic mass is 16.5. The topological polar surface area (TPSA) is 51.2 Å². The first-order valence-corrected chi connectivity index (χ1v) is 5.99. The van der Waals surface area contributed by atoms with Gasteiger partial charge in [0.2, 0.25) is 5.88 Å². The Kier molecular flexibility index (Phi) is 3.80. The van der Waals surface area contributed by atoms with Crippen LogP contribution in [0.3, 0.4) is 0 Å². The Morgan fingerprint density at radius 2 is 2.00 bits per heavy atom. The zero-order chi connectivity index (χ0) is 13.8. The molecular weight excluding hydrogens is 240 g/mol. The van der Waals surface area contributed by atoms with Crippen molar-refractivity contribution in [1.29, 1.82) is 0 Å². The summed E-state index contributed by atoms with van der Waals surface area (Å²) in [7, 11) is 1.52. The first-order chi connectivity index (χ1) is 9.10. The van der Waals surface area contributed by atoms with Gasteiger partial charge in [0.05, 0.1) is 7.11 Å². The minimum absolute atomic E-state index is 0.172. The van der Waals surface area contributed by atoms with Crippen LogP contribution in [-0.4, -0.2) is 18.0 Å². The zero-order valence-corrected chi connectivity index (χ0v) is 11.2. The molecule has 0 aliphatic carbocycles. The highest BCUT2D eigenvalue weighted by molar-refractivity contribution is 6.04. The van der Waals surface area contributed by atoms with E-state index in [9.17, 15) is 4.79 Å². The summed E-state index contributed by atoms with van der Waals surface area (Å²) in [5.74, 6) is 0.253. The fourth-order valence-electron chi connectivity index (χ4n) is 1.73. The molecule has 4 heteroatoms. The number of pyridine rings is 1. The molecule has 19 heavy (non-hydrogen) atoms. The number of methoxy groups -OCH3 is 1. The first kappa shape index (κ1) is 13.1. The van der Waals surface area contributed by atoms with Crippen LogP contribution in [0.1, 0.15) is 21.5 Å². The van der Waals surface area contributed by atoms with E-state index in [1.165, 1.54) is 7.11 Å². The average Bonchev–Trinajstić information content (AvgIpc) is 2.43. The maximum absolute atomic E-state index is 12.2. The van der Waals surface area contributed by atoms with Crippen LogP contribution in [0.5, 0.6) is 5.88 Å². The zero-order valence-electron chi connectivity index (χ0n) is 11.2. The van der Waals surface area contributed by atoms with Gasteiger partial charge < -0.3 is 10.1 Å². The van der Waals surface area contributed by atoms with Gasteiger partial charge in [-0.05, 0) is 37.1 Å². The van der Waals surface area contributed by atoms with Crippen molar-refractivity contribution in [3.8, 4) is 5.88 Å². The molecule has 0 bridgehead atoms. The van der Waals surface area contributed by atoms with Crippen LogP contribution < -0.4 is 10.1 Å². The molecule has 1 amide bonds. The summed E-state index contributed by atoms with van der Waals surface area (Å²) in [6, 6.07) is 9.22. The van der Waals surface area contributed by atoms with E-state index in [2.05, 4.69) is 10.3 Å². The van der Waals surface area contributed by atoms with Gasteiger partial charge in [-0.1, -0.05) is 12.1 Å². The van der Waals surface area contributed by atoms with Crippen LogP contribution in [0.25, 0.3) is 0 Å². The van der Waals surface area contributed by atoms with Crippen molar-refractivity contribution in [2.45, 2.75) is 13.8 Å². The second-order valence-electron chi connectivity index (χ2n) is 4.36. The summed E-state index contributed by atoms with van der Waals surface area (Å²) < 4.78 is 5.01. The molecular formula is C15H16N2O2. The molecule has 0 spiro atoms. The third-order valence-corrected chi connectivity index (χ3v) is 2.85. The summed E-state index contributed by atoms with van der Waals surface area (Å²) in [6.07, 6.45) is 1.55. The van der Waals surface area contributed by atoms with Crippen molar-refractivity contribution < 1.29 is 9.53 Å². The van der Waals surface area contributed by atoms with Gasteiger partial charge in [0, 0.05) is 23.5 Å². The SMILES string of the molecule is COc1cc(C(=O)Nc2cc(C)ccc2C)ccn1. The molecule has 0 saturated carbocycles. The number of rotatable bonds is 3. The standard InChI is InChI=1S/C15H16N2O2/c1-10-4-5-11(2)13(8-10)17-15(18)12-6-7-16-14(9-12)19-3/h4-9H,1-3H3,(H,17,18). The van der Waals surface area contributed by atoms with Gasteiger partial charge in [0.15, 0.2) is 0 Å². The molecule has 0 aliphatic heterocycles. The molecule has 98 valence electrons. The van der Waals surface area contributed by atoms with E-state index in [1.54, 1.807) is 18.3 Å². The molecule has 0 atom stereocenters. The second-order valence-corrected chi connectivity index (χ2v) is 4.36.